The van der Waals surface area contributed by atoms with Crippen LogP contribution in [-0.4, -0.2) is 11.8 Å². The van der Waals surface area contributed by atoms with Crippen molar-refractivity contribution in [3.05, 3.63) is 29.3 Å². The van der Waals surface area contributed by atoms with Crippen LogP contribution in [-0.2, 0) is 0 Å². The summed E-state index contributed by atoms with van der Waals surface area (Å²) in [6.07, 6.45) is 3.97. The molecule has 0 amide bonds. The summed E-state index contributed by atoms with van der Waals surface area (Å²) in [5, 5.41) is 0.793. The molecule has 0 spiro atoms. The molecule has 1 aliphatic carbocycles. The van der Waals surface area contributed by atoms with E-state index >= 15 is 0 Å². The SMILES string of the molecule is NC(CSc1ccc(Cl)cc1)CC1CC1. The molecule has 1 nitrogen and oxygen atoms in total. The molecule has 1 unspecified atom stereocenters. The molecular weight excluding hydrogens is 226 g/mol. The molecule has 82 valence electrons. The molecule has 0 aromatic heterocycles. The topological polar surface area (TPSA) is 26.0 Å². The summed E-state index contributed by atoms with van der Waals surface area (Å²) in [6.45, 7) is 0. The van der Waals surface area contributed by atoms with Crippen LogP contribution in [0.4, 0.5) is 0 Å². The van der Waals surface area contributed by atoms with Crippen LogP contribution in [0.1, 0.15) is 19.3 Å². The minimum Gasteiger partial charge on any atom is -0.327 e. The van der Waals surface area contributed by atoms with Crippen LogP contribution in [0.15, 0.2) is 29.2 Å². The fourth-order valence-corrected chi connectivity index (χ4v) is 2.58. The van der Waals surface area contributed by atoms with Gasteiger partial charge in [0.05, 0.1) is 0 Å². The van der Waals surface area contributed by atoms with Crippen molar-refractivity contribution < 1.29 is 0 Å². The molecule has 15 heavy (non-hydrogen) atoms. The molecule has 1 saturated carbocycles. The van der Waals surface area contributed by atoms with Gasteiger partial charge in [-0.1, -0.05) is 24.4 Å². The van der Waals surface area contributed by atoms with E-state index in [0.717, 1.165) is 16.7 Å². The maximum atomic E-state index is 6.05. The van der Waals surface area contributed by atoms with E-state index in [0.29, 0.717) is 6.04 Å². The summed E-state index contributed by atoms with van der Waals surface area (Å²) in [6, 6.07) is 8.30. The van der Waals surface area contributed by atoms with Crippen LogP contribution in [0.3, 0.4) is 0 Å². The van der Waals surface area contributed by atoms with Gasteiger partial charge >= 0.3 is 0 Å². The van der Waals surface area contributed by atoms with Gasteiger partial charge in [-0.05, 0) is 36.6 Å². The Morgan fingerprint density at radius 1 is 1.33 bits per heavy atom. The Balaban J connectivity index is 1.74. The molecule has 0 saturated heterocycles. The van der Waals surface area contributed by atoms with Crippen molar-refractivity contribution in [2.24, 2.45) is 11.7 Å². The second-order valence-corrected chi connectivity index (χ2v) is 5.73. The van der Waals surface area contributed by atoms with Gasteiger partial charge in [-0.2, -0.15) is 0 Å². The van der Waals surface area contributed by atoms with Crippen molar-refractivity contribution >= 4 is 23.4 Å². The highest BCUT2D eigenvalue weighted by molar-refractivity contribution is 7.99. The van der Waals surface area contributed by atoms with Gasteiger partial charge in [0, 0.05) is 21.7 Å². The third kappa shape index (κ3) is 4.06. The highest BCUT2D eigenvalue weighted by Crippen LogP contribution is 2.34. The van der Waals surface area contributed by atoms with Crippen molar-refractivity contribution in [3.63, 3.8) is 0 Å². The van der Waals surface area contributed by atoms with Crippen LogP contribution in [0.25, 0.3) is 0 Å². The zero-order valence-corrected chi connectivity index (χ0v) is 10.2. The molecule has 1 aliphatic rings. The van der Waals surface area contributed by atoms with E-state index in [4.69, 9.17) is 17.3 Å². The lowest BCUT2D eigenvalue weighted by Crippen LogP contribution is -2.23. The number of nitrogens with two attached hydrogens (primary N) is 1. The Morgan fingerprint density at radius 3 is 2.60 bits per heavy atom. The molecular formula is C12H16ClNS. The van der Waals surface area contributed by atoms with Gasteiger partial charge in [0.1, 0.15) is 0 Å². The second kappa shape index (κ2) is 5.24. The van der Waals surface area contributed by atoms with Gasteiger partial charge in [-0.25, -0.2) is 0 Å². The lowest BCUT2D eigenvalue weighted by atomic mass is 10.2. The number of hydrogen-bond acceptors (Lipinski definition) is 2. The minimum absolute atomic E-state index is 0.346. The van der Waals surface area contributed by atoms with E-state index in [-0.39, 0.29) is 0 Å². The zero-order valence-electron chi connectivity index (χ0n) is 8.66. The first-order valence-electron chi connectivity index (χ1n) is 5.38. The fourth-order valence-electron chi connectivity index (χ4n) is 1.58. The Labute approximate surface area is 100 Å². The molecule has 1 aromatic carbocycles. The van der Waals surface area contributed by atoms with Gasteiger partial charge in [-0.3, -0.25) is 0 Å². The lowest BCUT2D eigenvalue weighted by Gasteiger charge is -2.10. The first kappa shape index (κ1) is 11.3. The van der Waals surface area contributed by atoms with E-state index in [2.05, 4.69) is 12.1 Å². The Hall–Kier alpha value is -0.180. The van der Waals surface area contributed by atoms with E-state index < -0.39 is 0 Å². The summed E-state index contributed by atoms with van der Waals surface area (Å²) in [5.41, 5.74) is 6.05. The number of halogens is 1. The van der Waals surface area contributed by atoms with Gasteiger partial charge < -0.3 is 5.73 Å². The molecule has 0 heterocycles. The third-order valence-electron chi connectivity index (χ3n) is 2.61. The summed E-state index contributed by atoms with van der Waals surface area (Å²) < 4.78 is 0. The molecule has 1 fully saturated rings. The lowest BCUT2D eigenvalue weighted by molar-refractivity contribution is 0.617. The molecule has 2 rings (SSSR count). The Morgan fingerprint density at radius 2 is 2.00 bits per heavy atom. The van der Waals surface area contributed by atoms with Crippen molar-refractivity contribution in [2.75, 3.05) is 5.75 Å². The summed E-state index contributed by atoms with van der Waals surface area (Å²) >= 11 is 7.64. The first-order valence-corrected chi connectivity index (χ1v) is 6.74. The van der Waals surface area contributed by atoms with Gasteiger partial charge in [-0.15, -0.1) is 11.8 Å². The number of rotatable bonds is 5. The van der Waals surface area contributed by atoms with Crippen LogP contribution < -0.4 is 5.73 Å². The smallest absolute Gasteiger partial charge is 0.0406 e. The molecule has 0 bridgehead atoms. The largest absolute Gasteiger partial charge is 0.327 e. The number of benzene rings is 1. The molecule has 2 N–H and O–H groups in total. The predicted octanol–water partition coefficient (Wildman–Crippen LogP) is 3.56. The normalized spacial score (nSPS) is 17.7. The quantitative estimate of drug-likeness (QED) is 0.798. The van der Waals surface area contributed by atoms with Gasteiger partial charge in [0.2, 0.25) is 0 Å². The fraction of sp³-hybridized carbons (Fsp3) is 0.500. The average molecular weight is 242 g/mol. The minimum atomic E-state index is 0.346. The molecule has 1 atom stereocenters. The molecule has 0 aliphatic heterocycles. The van der Waals surface area contributed by atoms with Gasteiger partial charge in [0.25, 0.3) is 0 Å². The van der Waals surface area contributed by atoms with E-state index in [9.17, 15) is 0 Å². The first-order chi connectivity index (χ1) is 7.24. The van der Waals surface area contributed by atoms with Crippen molar-refractivity contribution in [1.29, 1.82) is 0 Å². The molecule has 1 aromatic rings. The Kier molecular flexibility index (Phi) is 3.95. The Bertz CT molecular complexity index is 308. The average Bonchev–Trinajstić information content (AvgIpc) is 3.01. The maximum absolute atomic E-state index is 6.05. The summed E-state index contributed by atoms with van der Waals surface area (Å²) in [4.78, 5) is 1.26. The van der Waals surface area contributed by atoms with Crippen LogP contribution >= 0.6 is 23.4 Å². The summed E-state index contributed by atoms with van der Waals surface area (Å²) in [5.74, 6) is 1.93. The predicted molar refractivity (Wildman–Crippen MR) is 67.5 cm³/mol. The van der Waals surface area contributed by atoms with Crippen molar-refractivity contribution in [2.45, 2.75) is 30.2 Å². The third-order valence-corrected chi connectivity index (χ3v) is 4.06. The monoisotopic (exact) mass is 241 g/mol. The molecule has 0 radical (unpaired) electrons. The van der Waals surface area contributed by atoms with E-state index in [1.807, 2.05) is 23.9 Å². The highest BCUT2D eigenvalue weighted by atomic mass is 35.5. The number of hydrogen-bond donors (Lipinski definition) is 1. The zero-order chi connectivity index (χ0) is 10.7. The van der Waals surface area contributed by atoms with Crippen molar-refractivity contribution in [1.82, 2.24) is 0 Å². The van der Waals surface area contributed by atoms with Crippen LogP contribution in [0, 0.1) is 5.92 Å². The second-order valence-electron chi connectivity index (χ2n) is 4.20. The van der Waals surface area contributed by atoms with E-state index in [1.54, 1.807) is 0 Å². The maximum Gasteiger partial charge on any atom is 0.0406 e. The molecule has 3 heteroatoms. The van der Waals surface area contributed by atoms with Gasteiger partial charge in [0.15, 0.2) is 0 Å². The van der Waals surface area contributed by atoms with Crippen LogP contribution in [0.2, 0.25) is 5.02 Å². The van der Waals surface area contributed by atoms with Crippen molar-refractivity contribution in [3.8, 4) is 0 Å². The van der Waals surface area contributed by atoms with Crippen LogP contribution in [0.5, 0.6) is 0 Å². The summed E-state index contributed by atoms with van der Waals surface area (Å²) in [7, 11) is 0. The standard InChI is InChI=1S/C12H16ClNS/c13-10-3-5-12(6-4-10)15-8-11(14)7-9-1-2-9/h3-6,9,11H,1-2,7-8,14H2. The van der Waals surface area contributed by atoms with E-state index in [1.165, 1.54) is 24.2 Å². The highest BCUT2D eigenvalue weighted by Gasteiger charge is 2.23. The number of thioether (sulfide) groups is 1.